The van der Waals surface area contributed by atoms with E-state index in [1.54, 1.807) is 0 Å². The Balaban J connectivity index is 1.60. The Labute approximate surface area is 151 Å². The van der Waals surface area contributed by atoms with E-state index < -0.39 is 0 Å². The first-order valence-electron chi connectivity index (χ1n) is 8.44. The summed E-state index contributed by atoms with van der Waals surface area (Å²) in [6, 6.07) is 16.1. The quantitative estimate of drug-likeness (QED) is 0.720. The summed E-state index contributed by atoms with van der Waals surface area (Å²) in [5, 5.41) is 3.58. The number of carbonyl (C=O) groups is 1. The van der Waals surface area contributed by atoms with Gasteiger partial charge in [0.1, 0.15) is 6.61 Å². The maximum Gasteiger partial charge on any atom is 0.338 e. The molecule has 126 valence electrons. The van der Waals surface area contributed by atoms with Crippen LogP contribution in [0.25, 0.3) is 0 Å². The number of carbonyl (C=O) groups excluding carboxylic acids is 1. The van der Waals surface area contributed by atoms with E-state index in [4.69, 9.17) is 4.74 Å². The van der Waals surface area contributed by atoms with Gasteiger partial charge in [-0.15, -0.1) is 0 Å². The third-order valence-electron chi connectivity index (χ3n) is 4.36. The van der Waals surface area contributed by atoms with Crippen LogP contribution in [-0.4, -0.2) is 12.0 Å². The third kappa shape index (κ3) is 4.92. The van der Waals surface area contributed by atoms with Crippen LogP contribution in [0.3, 0.4) is 0 Å². The molecule has 2 aromatic rings. The molecule has 2 aromatic carbocycles. The van der Waals surface area contributed by atoms with Gasteiger partial charge in [-0.2, -0.15) is 0 Å². The van der Waals surface area contributed by atoms with Crippen molar-refractivity contribution in [3.05, 3.63) is 69.7 Å². The van der Waals surface area contributed by atoms with Crippen LogP contribution < -0.4 is 5.32 Å². The van der Waals surface area contributed by atoms with Crippen LogP contribution >= 0.6 is 15.9 Å². The molecule has 1 saturated carbocycles. The molecule has 1 aliphatic carbocycles. The second-order valence-corrected chi connectivity index (χ2v) is 7.19. The lowest BCUT2D eigenvalue weighted by molar-refractivity contribution is 0.0472. The molecule has 0 atom stereocenters. The van der Waals surface area contributed by atoms with Crippen molar-refractivity contribution < 1.29 is 9.53 Å². The molecular weight excluding hydrogens is 366 g/mol. The van der Waals surface area contributed by atoms with Gasteiger partial charge in [-0.3, -0.25) is 0 Å². The largest absolute Gasteiger partial charge is 0.457 e. The molecule has 4 heteroatoms. The second-order valence-electron chi connectivity index (χ2n) is 6.27. The van der Waals surface area contributed by atoms with Crippen molar-refractivity contribution in [3.63, 3.8) is 0 Å². The van der Waals surface area contributed by atoms with Gasteiger partial charge < -0.3 is 10.1 Å². The van der Waals surface area contributed by atoms with Crippen molar-refractivity contribution in [2.45, 2.75) is 44.9 Å². The summed E-state index contributed by atoms with van der Waals surface area (Å²) >= 11 is 3.50. The topological polar surface area (TPSA) is 38.3 Å². The van der Waals surface area contributed by atoms with E-state index in [-0.39, 0.29) is 5.97 Å². The van der Waals surface area contributed by atoms with Gasteiger partial charge in [0.2, 0.25) is 0 Å². The van der Waals surface area contributed by atoms with Gasteiger partial charge in [-0.05, 0) is 42.2 Å². The predicted molar refractivity (Wildman–Crippen MR) is 98.8 cm³/mol. The summed E-state index contributed by atoms with van der Waals surface area (Å²) in [7, 11) is 0. The first-order valence-corrected chi connectivity index (χ1v) is 9.24. The Morgan fingerprint density at radius 1 is 1.08 bits per heavy atom. The number of ether oxygens (including phenoxy) is 1. The number of benzene rings is 2. The number of nitrogens with one attached hydrogen (secondary N) is 1. The molecule has 0 unspecified atom stereocenters. The SMILES string of the molecule is O=C(OCc1ccccc1)c1cc(Br)cc(CNC2CCCC2)c1. The minimum Gasteiger partial charge on any atom is -0.457 e. The van der Waals surface area contributed by atoms with Crippen LogP contribution in [0.4, 0.5) is 0 Å². The maximum absolute atomic E-state index is 12.3. The van der Waals surface area contributed by atoms with Crippen LogP contribution in [0.5, 0.6) is 0 Å². The number of rotatable bonds is 6. The molecule has 3 nitrogen and oxygen atoms in total. The summed E-state index contributed by atoms with van der Waals surface area (Å²) in [5.41, 5.74) is 2.68. The highest BCUT2D eigenvalue weighted by Gasteiger charge is 2.15. The van der Waals surface area contributed by atoms with Crippen LogP contribution in [0.15, 0.2) is 53.0 Å². The molecule has 0 radical (unpaired) electrons. The van der Waals surface area contributed by atoms with E-state index in [9.17, 15) is 4.79 Å². The number of esters is 1. The minimum atomic E-state index is -0.290. The van der Waals surface area contributed by atoms with E-state index in [1.165, 1.54) is 25.7 Å². The fourth-order valence-electron chi connectivity index (χ4n) is 3.07. The Hall–Kier alpha value is -1.65. The fourth-order valence-corrected chi connectivity index (χ4v) is 3.61. The zero-order valence-electron chi connectivity index (χ0n) is 13.6. The highest BCUT2D eigenvalue weighted by atomic mass is 79.9. The van der Waals surface area contributed by atoms with E-state index in [0.29, 0.717) is 18.2 Å². The molecule has 0 aliphatic heterocycles. The molecule has 1 N–H and O–H groups in total. The summed E-state index contributed by atoms with van der Waals surface area (Å²) in [4.78, 5) is 12.3. The third-order valence-corrected chi connectivity index (χ3v) is 4.81. The van der Waals surface area contributed by atoms with E-state index in [1.807, 2.05) is 42.5 Å². The first kappa shape index (κ1) is 17.2. The number of hydrogen-bond acceptors (Lipinski definition) is 3. The molecular formula is C20H22BrNO2. The standard InChI is InChI=1S/C20H22BrNO2/c21-18-11-16(13-22-19-8-4-5-9-19)10-17(12-18)20(23)24-14-15-6-2-1-3-7-15/h1-3,6-7,10-12,19,22H,4-5,8-9,13-14H2. The molecule has 0 heterocycles. The molecule has 0 spiro atoms. The van der Waals surface area contributed by atoms with Crippen molar-refractivity contribution in [1.29, 1.82) is 0 Å². The Morgan fingerprint density at radius 2 is 1.83 bits per heavy atom. The molecule has 1 fully saturated rings. The number of halogens is 1. The van der Waals surface area contributed by atoms with E-state index in [2.05, 4.69) is 27.3 Å². The van der Waals surface area contributed by atoms with Crippen LogP contribution in [0.1, 0.15) is 47.2 Å². The lowest BCUT2D eigenvalue weighted by Gasteiger charge is -2.13. The zero-order chi connectivity index (χ0) is 16.8. The molecule has 0 saturated heterocycles. The lowest BCUT2D eigenvalue weighted by atomic mass is 10.1. The predicted octanol–water partition coefficient (Wildman–Crippen LogP) is 4.84. The van der Waals surface area contributed by atoms with Gasteiger partial charge in [0.25, 0.3) is 0 Å². The molecule has 0 amide bonds. The minimum absolute atomic E-state index is 0.290. The lowest BCUT2D eigenvalue weighted by Crippen LogP contribution is -2.25. The van der Waals surface area contributed by atoms with Crippen molar-refractivity contribution in [2.24, 2.45) is 0 Å². The van der Waals surface area contributed by atoms with Crippen LogP contribution in [-0.2, 0) is 17.9 Å². The van der Waals surface area contributed by atoms with E-state index >= 15 is 0 Å². The Bertz CT molecular complexity index is 681. The molecule has 1 aliphatic rings. The fraction of sp³-hybridized carbons (Fsp3) is 0.350. The first-order chi connectivity index (χ1) is 11.7. The zero-order valence-corrected chi connectivity index (χ0v) is 15.2. The highest BCUT2D eigenvalue weighted by molar-refractivity contribution is 9.10. The smallest absolute Gasteiger partial charge is 0.338 e. The van der Waals surface area contributed by atoms with E-state index in [0.717, 1.165) is 22.1 Å². The summed E-state index contributed by atoms with van der Waals surface area (Å²) in [6.07, 6.45) is 5.13. The van der Waals surface area contributed by atoms with Gasteiger partial charge in [0.05, 0.1) is 5.56 Å². The number of hydrogen-bond donors (Lipinski definition) is 1. The monoisotopic (exact) mass is 387 g/mol. The highest BCUT2D eigenvalue weighted by Crippen LogP contribution is 2.20. The van der Waals surface area contributed by atoms with Crippen molar-refractivity contribution in [2.75, 3.05) is 0 Å². The molecule has 0 aromatic heterocycles. The van der Waals surface area contributed by atoms with Crippen molar-refractivity contribution in [3.8, 4) is 0 Å². The molecule has 24 heavy (non-hydrogen) atoms. The van der Waals surface area contributed by atoms with Crippen LogP contribution in [0.2, 0.25) is 0 Å². The Kier molecular flexibility index (Phi) is 6.05. The normalized spacial score (nSPS) is 14.7. The van der Waals surface area contributed by atoms with Crippen molar-refractivity contribution in [1.82, 2.24) is 5.32 Å². The average molecular weight is 388 g/mol. The second kappa shape index (κ2) is 8.45. The Morgan fingerprint density at radius 3 is 2.58 bits per heavy atom. The summed E-state index contributed by atoms with van der Waals surface area (Å²) < 4.78 is 6.32. The summed E-state index contributed by atoms with van der Waals surface area (Å²) in [6.45, 7) is 1.07. The van der Waals surface area contributed by atoms with Gasteiger partial charge in [-0.1, -0.05) is 59.1 Å². The van der Waals surface area contributed by atoms with Gasteiger partial charge >= 0.3 is 5.97 Å². The van der Waals surface area contributed by atoms with Gasteiger partial charge in [0.15, 0.2) is 0 Å². The molecule has 3 rings (SSSR count). The van der Waals surface area contributed by atoms with Crippen molar-refractivity contribution >= 4 is 21.9 Å². The molecule has 0 bridgehead atoms. The van der Waals surface area contributed by atoms with Gasteiger partial charge in [0, 0.05) is 17.1 Å². The summed E-state index contributed by atoms with van der Waals surface area (Å²) in [5.74, 6) is -0.290. The maximum atomic E-state index is 12.3. The van der Waals surface area contributed by atoms with Crippen LogP contribution in [0, 0.1) is 0 Å². The average Bonchev–Trinajstić information content (AvgIpc) is 3.12. The van der Waals surface area contributed by atoms with Gasteiger partial charge in [-0.25, -0.2) is 4.79 Å².